The third kappa shape index (κ3) is 5.17. The van der Waals surface area contributed by atoms with Crippen LogP contribution >= 0.6 is 0 Å². The van der Waals surface area contributed by atoms with E-state index in [-0.39, 0.29) is 0 Å². The van der Waals surface area contributed by atoms with E-state index in [1.807, 2.05) is 18.1 Å². The first kappa shape index (κ1) is 8.30. The van der Waals surface area contributed by atoms with E-state index in [1.54, 1.807) is 0 Å². The summed E-state index contributed by atoms with van der Waals surface area (Å²) in [4.78, 5) is 2.01. The van der Waals surface area contributed by atoms with E-state index in [4.69, 9.17) is 11.5 Å². The number of nitrogens with zero attached hydrogens (tertiary/aromatic N) is 1. The molecule has 3 heteroatoms. The van der Waals surface area contributed by atoms with E-state index in [2.05, 4.69) is 0 Å². The van der Waals surface area contributed by atoms with E-state index >= 15 is 0 Å². The Kier molecular flexibility index (Phi) is 5.01. The molecule has 0 amide bonds. The number of hydrogen-bond donors (Lipinski definition) is 2. The van der Waals surface area contributed by atoms with Gasteiger partial charge < -0.3 is 16.4 Å². The molecule has 0 aliphatic heterocycles. The minimum atomic E-state index is 0.739. The highest BCUT2D eigenvalue weighted by atomic mass is 15.1. The fraction of sp³-hybridized carbons (Fsp3) is 0.667. The SMILES string of the molecule is CN(C=CN)CCCN. The van der Waals surface area contributed by atoms with Gasteiger partial charge in [-0.2, -0.15) is 0 Å². The highest BCUT2D eigenvalue weighted by Crippen LogP contribution is 1.84. The van der Waals surface area contributed by atoms with Gasteiger partial charge in [-0.25, -0.2) is 0 Å². The van der Waals surface area contributed by atoms with Crippen LogP contribution in [0, 0.1) is 0 Å². The quantitative estimate of drug-likeness (QED) is 0.548. The second kappa shape index (κ2) is 5.44. The van der Waals surface area contributed by atoms with Crippen LogP contribution in [0.25, 0.3) is 0 Å². The van der Waals surface area contributed by atoms with Gasteiger partial charge in [-0.1, -0.05) is 0 Å². The second-order valence-corrected chi connectivity index (χ2v) is 1.96. The highest BCUT2D eigenvalue weighted by molar-refractivity contribution is 4.74. The van der Waals surface area contributed by atoms with E-state index in [1.165, 1.54) is 6.20 Å². The molecular formula is C6H15N3. The van der Waals surface area contributed by atoms with Crippen molar-refractivity contribution in [3.05, 3.63) is 12.4 Å². The Labute approximate surface area is 56.3 Å². The molecule has 0 fully saturated rings. The maximum absolute atomic E-state index is 5.29. The van der Waals surface area contributed by atoms with Crippen LogP contribution < -0.4 is 11.5 Å². The molecule has 0 aromatic carbocycles. The molecular weight excluding hydrogens is 114 g/mol. The lowest BCUT2D eigenvalue weighted by Crippen LogP contribution is -2.16. The molecule has 3 nitrogen and oxygen atoms in total. The summed E-state index contributed by atoms with van der Waals surface area (Å²) in [6, 6.07) is 0. The average Bonchev–Trinajstić information content (AvgIpc) is 1.85. The van der Waals surface area contributed by atoms with Gasteiger partial charge in [0.15, 0.2) is 0 Å². The summed E-state index contributed by atoms with van der Waals surface area (Å²) < 4.78 is 0. The van der Waals surface area contributed by atoms with Gasteiger partial charge in [-0.05, 0) is 13.0 Å². The monoisotopic (exact) mass is 129 g/mol. The Morgan fingerprint density at radius 3 is 2.67 bits per heavy atom. The number of rotatable bonds is 4. The molecule has 0 aliphatic rings. The fourth-order valence-electron chi connectivity index (χ4n) is 0.562. The van der Waals surface area contributed by atoms with Gasteiger partial charge in [-0.15, -0.1) is 0 Å². The third-order valence-electron chi connectivity index (χ3n) is 1.06. The van der Waals surface area contributed by atoms with E-state index in [0.29, 0.717) is 0 Å². The predicted octanol–water partition coefficient (Wildman–Crippen LogP) is -0.303. The van der Waals surface area contributed by atoms with Crippen LogP contribution in [-0.4, -0.2) is 25.0 Å². The van der Waals surface area contributed by atoms with Crippen LogP contribution in [0.3, 0.4) is 0 Å². The summed E-state index contributed by atoms with van der Waals surface area (Å²) in [7, 11) is 1.97. The van der Waals surface area contributed by atoms with Gasteiger partial charge in [0.05, 0.1) is 0 Å². The van der Waals surface area contributed by atoms with Crippen molar-refractivity contribution in [2.24, 2.45) is 11.5 Å². The smallest absolute Gasteiger partial charge is 0.0181 e. The summed E-state index contributed by atoms with van der Waals surface area (Å²) >= 11 is 0. The normalized spacial score (nSPS) is 10.4. The number of hydrogen-bond acceptors (Lipinski definition) is 3. The Hall–Kier alpha value is -0.700. The van der Waals surface area contributed by atoms with Gasteiger partial charge >= 0.3 is 0 Å². The third-order valence-corrected chi connectivity index (χ3v) is 1.06. The van der Waals surface area contributed by atoms with Gasteiger partial charge in [0.25, 0.3) is 0 Å². The average molecular weight is 129 g/mol. The van der Waals surface area contributed by atoms with E-state index < -0.39 is 0 Å². The van der Waals surface area contributed by atoms with Crippen LogP contribution in [0.5, 0.6) is 0 Å². The lowest BCUT2D eigenvalue weighted by molar-refractivity contribution is 0.446. The van der Waals surface area contributed by atoms with E-state index in [0.717, 1.165) is 19.5 Å². The largest absolute Gasteiger partial charge is 0.403 e. The Morgan fingerprint density at radius 2 is 2.22 bits per heavy atom. The summed E-state index contributed by atoms with van der Waals surface area (Å²) in [6.45, 7) is 1.72. The molecule has 0 spiro atoms. The molecule has 0 bridgehead atoms. The zero-order chi connectivity index (χ0) is 7.11. The second-order valence-electron chi connectivity index (χ2n) is 1.96. The molecule has 54 valence electrons. The van der Waals surface area contributed by atoms with Crippen molar-refractivity contribution in [2.45, 2.75) is 6.42 Å². The minimum absolute atomic E-state index is 0.739. The molecule has 0 unspecified atom stereocenters. The Bertz CT molecular complexity index is 80.4. The lowest BCUT2D eigenvalue weighted by atomic mass is 10.4. The van der Waals surface area contributed by atoms with Crippen molar-refractivity contribution in [1.82, 2.24) is 4.90 Å². The predicted molar refractivity (Wildman–Crippen MR) is 39.6 cm³/mol. The number of nitrogens with two attached hydrogens (primary N) is 2. The molecule has 4 N–H and O–H groups in total. The lowest BCUT2D eigenvalue weighted by Gasteiger charge is -2.11. The summed E-state index contributed by atoms with van der Waals surface area (Å²) in [5, 5.41) is 0. The van der Waals surface area contributed by atoms with Gasteiger partial charge in [0, 0.05) is 26.0 Å². The highest BCUT2D eigenvalue weighted by Gasteiger charge is 1.86. The molecule has 0 atom stereocenters. The zero-order valence-electron chi connectivity index (χ0n) is 5.88. The zero-order valence-corrected chi connectivity index (χ0v) is 5.88. The van der Waals surface area contributed by atoms with Crippen molar-refractivity contribution in [2.75, 3.05) is 20.1 Å². The molecule has 0 heterocycles. The standard InChI is InChI=1S/C6H15N3/c1-9(6-4-8)5-2-3-7/h4,6H,2-3,5,7-8H2,1H3. The first-order valence-electron chi connectivity index (χ1n) is 3.10. The van der Waals surface area contributed by atoms with Gasteiger partial charge in [0.2, 0.25) is 0 Å². The molecule has 0 radical (unpaired) electrons. The van der Waals surface area contributed by atoms with Crippen LogP contribution in [-0.2, 0) is 0 Å². The Balaban J connectivity index is 3.15. The summed E-state index contributed by atoms with van der Waals surface area (Å²) in [5.41, 5.74) is 10.4. The molecule has 0 aromatic heterocycles. The molecule has 9 heavy (non-hydrogen) atoms. The molecule has 0 saturated heterocycles. The van der Waals surface area contributed by atoms with Gasteiger partial charge in [-0.3, -0.25) is 0 Å². The maximum Gasteiger partial charge on any atom is 0.0181 e. The van der Waals surface area contributed by atoms with Crippen LogP contribution in [0.15, 0.2) is 12.4 Å². The van der Waals surface area contributed by atoms with Crippen molar-refractivity contribution in [3.8, 4) is 0 Å². The summed E-state index contributed by atoms with van der Waals surface area (Å²) in [5.74, 6) is 0. The first-order valence-corrected chi connectivity index (χ1v) is 3.10. The van der Waals surface area contributed by atoms with Crippen LogP contribution in [0.4, 0.5) is 0 Å². The minimum Gasteiger partial charge on any atom is -0.403 e. The first-order chi connectivity index (χ1) is 4.31. The van der Waals surface area contributed by atoms with Crippen molar-refractivity contribution < 1.29 is 0 Å². The molecule has 0 rings (SSSR count). The van der Waals surface area contributed by atoms with Crippen molar-refractivity contribution >= 4 is 0 Å². The van der Waals surface area contributed by atoms with Crippen molar-refractivity contribution in [3.63, 3.8) is 0 Å². The maximum atomic E-state index is 5.29. The van der Waals surface area contributed by atoms with Crippen molar-refractivity contribution in [1.29, 1.82) is 0 Å². The molecule has 0 saturated carbocycles. The van der Waals surface area contributed by atoms with Gasteiger partial charge in [0.1, 0.15) is 0 Å². The van der Waals surface area contributed by atoms with Crippen LogP contribution in [0.2, 0.25) is 0 Å². The molecule has 0 aromatic rings. The van der Waals surface area contributed by atoms with E-state index in [9.17, 15) is 0 Å². The van der Waals surface area contributed by atoms with Crippen LogP contribution in [0.1, 0.15) is 6.42 Å². The fourth-order valence-corrected chi connectivity index (χ4v) is 0.562. The topological polar surface area (TPSA) is 55.3 Å². The summed E-state index contributed by atoms with van der Waals surface area (Å²) in [6.07, 6.45) is 4.37. The molecule has 0 aliphatic carbocycles. The Morgan fingerprint density at radius 1 is 1.56 bits per heavy atom.